The number of amides is 1. The quantitative estimate of drug-likeness (QED) is 0.447. The molecule has 0 bridgehead atoms. The van der Waals surface area contributed by atoms with E-state index in [9.17, 15) is 9.59 Å². The summed E-state index contributed by atoms with van der Waals surface area (Å²) in [6.07, 6.45) is 2.08. The van der Waals surface area contributed by atoms with Crippen LogP contribution in [0.3, 0.4) is 0 Å². The van der Waals surface area contributed by atoms with Crippen LogP contribution in [0.1, 0.15) is 33.5 Å². The molecule has 23 heavy (non-hydrogen) atoms. The molecule has 2 heterocycles. The van der Waals surface area contributed by atoms with E-state index in [0.717, 1.165) is 0 Å². The van der Waals surface area contributed by atoms with Gasteiger partial charge in [0, 0.05) is 16.4 Å². The van der Waals surface area contributed by atoms with Crippen molar-refractivity contribution in [3.63, 3.8) is 0 Å². The lowest BCUT2D eigenvalue weighted by Crippen LogP contribution is -2.41. The molecule has 2 N–H and O–H groups in total. The average molecular weight is 446 g/mol. The average Bonchev–Trinajstić information content (AvgIpc) is 2.90. The van der Waals surface area contributed by atoms with Gasteiger partial charge in [-0.15, -0.1) is 0 Å². The summed E-state index contributed by atoms with van der Waals surface area (Å²) in [5.74, 6) is -0.999. The molecule has 0 aliphatic carbocycles. The minimum Gasteiger partial charge on any atom is -0.453 e. The van der Waals surface area contributed by atoms with Crippen LogP contribution < -0.4 is 5.73 Å². The van der Waals surface area contributed by atoms with Crippen LogP contribution in [-0.4, -0.2) is 31.5 Å². The number of imidazole rings is 1. The Bertz CT molecular complexity index is 820. The summed E-state index contributed by atoms with van der Waals surface area (Å²) in [5, 5.41) is 0.302. The number of esters is 1. The second-order valence-corrected chi connectivity index (χ2v) is 6.76. The first-order valence-electron chi connectivity index (χ1n) is 6.80. The number of ether oxygens (including phenoxy) is 1. The first kappa shape index (κ1) is 16.3. The van der Waals surface area contributed by atoms with E-state index in [2.05, 4.69) is 27.6 Å². The third kappa shape index (κ3) is 2.83. The van der Waals surface area contributed by atoms with Crippen molar-refractivity contribution < 1.29 is 14.3 Å². The third-order valence-electron chi connectivity index (χ3n) is 3.69. The Balaban J connectivity index is 2.08. The summed E-state index contributed by atoms with van der Waals surface area (Å²) in [7, 11) is 0. The Morgan fingerprint density at radius 2 is 2.30 bits per heavy atom. The fourth-order valence-electron chi connectivity index (χ4n) is 2.51. The van der Waals surface area contributed by atoms with Crippen LogP contribution in [-0.2, 0) is 11.2 Å². The summed E-state index contributed by atoms with van der Waals surface area (Å²) in [6, 6.07) is 4.65. The third-order valence-corrected chi connectivity index (χ3v) is 5.61. The molecule has 8 heteroatoms. The fourth-order valence-corrected chi connectivity index (χ4v) is 3.20. The number of aromatic nitrogens is 2. The van der Waals surface area contributed by atoms with Crippen LogP contribution in [0.2, 0.25) is 5.02 Å². The van der Waals surface area contributed by atoms with Crippen molar-refractivity contribution >= 4 is 46.1 Å². The lowest BCUT2D eigenvalue weighted by atomic mass is 9.98. The second kappa shape index (κ2) is 5.79. The summed E-state index contributed by atoms with van der Waals surface area (Å²) in [4.78, 5) is 27.9. The molecule has 6 nitrogen and oxygen atoms in total. The van der Waals surface area contributed by atoms with Gasteiger partial charge in [0.2, 0.25) is 5.91 Å². The molecule has 1 atom stereocenters. The first-order valence-corrected chi connectivity index (χ1v) is 8.70. The number of carbonyl (C=O) groups excluding carboxylic acids is 2. The van der Waals surface area contributed by atoms with Gasteiger partial charge in [-0.05, 0) is 25.1 Å². The van der Waals surface area contributed by atoms with Gasteiger partial charge in [0.05, 0.1) is 16.4 Å². The lowest BCUT2D eigenvalue weighted by molar-refractivity contribution is -0.00457. The normalized spacial score (nSPS) is 20.0. The van der Waals surface area contributed by atoms with E-state index in [0.29, 0.717) is 38.5 Å². The molecule has 3 rings (SSSR count). The van der Waals surface area contributed by atoms with Crippen LogP contribution >= 0.6 is 34.2 Å². The molecular weight excluding hydrogens is 433 g/mol. The second-order valence-electron chi connectivity index (χ2n) is 5.59. The molecule has 1 aliphatic rings. The Labute approximate surface area is 151 Å². The molecule has 1 aromatic carbocycles. The zero-order valence-electron chi connectivity index (χ0n) is 12.2. The van der Waals surface area contributed by atoms with Crippen molar-refractivity contribution in [2.24, 2.45) is 5.73 Å². The molecule has 1 aromatic heterocycles. The molecule has 1 unspecified atom stereocenters. The topological polar surface area (TPSA) is 87.2 Å². The van der Waals surface area contributed by atoms with Gasteiger partial charge in [0.1, 0.15) is 11.9 Å². The number of alkyl halides is 1. The number of halogens is 2. The van der Waals surface area contributed by atoms with Crippen molar-refractivity contribution in [2.45, 2.75) is 18.9 Å². The number of hydrogen-bond donors (Lipinski definition) is 1. The SMILES string of the molecule is CC1(CI)Cc2ncn(-c3ccc(C(N)=O)cc3Cl)c2C(=O)O1. The van der Waals surface area contributed by atoms with Gasteiger partial charge in [-0.2, -0.15) is 0 Å². The Morgan fingerprint density at radius 3 is 2.91 bits per heavy atom. The standard InChI is InChI=1S/C15H13ClIN3O3/c1-15(6-17)5-10-12(14(22)23-15)20(7-19-10)11-3-2-8(13(18)21)4-9(11)16/h2-4,7H,5-6H2,1H3,(H2,18,21). The highest BCUT2D eigenvalue weighted by atomic mass is 127. The van der Waals surface area contributed by atoms with Crippen molar-refractivity contribution in [1.29, 1.82) is 0 Å². The number of primary amides is 1. The largest absolute Gasteiger partial charge is 0.453 e. The first-order chi connectivity index (χ1) is 10.8. The highest BCUT2D eigenvalue weighted by Crippen LogP contribution is 2.32. The Kier molecular flexibility index (Phi) is 4.09. The van der Waals surface area contributed by atoms with Gasteiger partial charge in [0.15, 0.2) is 5.69 Å². The van der Waals surface area contributed by atoms with E-state index < -0.39 is 17.5 Å². The highest BCUT2D eigenvalue weighted by molar-refractivity contribution is 14.1. The zero-order valence-corrected chi connectivity index (χ0v) is 15.1. The molecule has 1 amide bonds. The Morgan fingerprint density at radius 1 is 1.57 bits per heavy atom. The van der Waals surface area contributed by atoms with E-state index in [4.69, 9.17) is 22.1 Å². The molecule has 1 aliphatic heterocycles. The maximum absolute atomic E-state index is 12.4. The number of hydrogen-bond acceptors (Lipinski definition) is 4. The van der Waals surface area contributed by atoms with Gasteiger partial charge in [-0.3, -0.25) is 9.36 Å². The zero-order chi connectivity index (χ0) is 16.8. The molecule has 2 aromatic rings. The van der Waals surface area contributed by atoms with Gasteiger partial charge in [0.25, 0.3) is 0 Å². The summed E-state index contributed by atoms with van der Waals surface area (Å²) >= 11 is 8.42. The predicted molar refractivity (Wildman–Crippen MR) is 93.5 cm³/mol. The van der Waals surface area contributed by atoms with Gasteiger partial charge in [-0.25, -0.2) is 9.78 Å². The van der Waals surface area contributed by atoms with E-state index >= 15 is 0 Å². The minimum absolute atomic E-state index is 0.299. The molecule has 0 saturated carbocycles. The summed E-state index contributed by atoms with van der Waals surface area (Å²) < 4.78 is 7.81. The molecule has 0 radical (unpaired) electrons. The molecule has 0 fully saturated rings. The van der Waals surface area contributed by atoms with Crippen LogP contribution in [0.15, 0.2) is 24.5 Å². The number of fused-ring (bicyclic) bond motifs is 1. The van der Waals surface area contributed by atoms with E-state index in [1.165, 1.54) is 12.4 Å². The van der Waals surface area contributed by atoms with Crippen molar-refractivity contribution in [1.82, 2.24) is 9.55 Å². The molecule has 120 valence electrons. The minimum atomic E-state index is -0.566. The summed E-state index contributed by atoms with van der Waals surface area (Å²) in [5.41, 5.74) is 6.57. The molecule has 0 saturated heterocycles. The molecular formula is C15H13ClIN3O3. The van der Waals surface area contributed by atoms with Crippen LogP contribution in [0.4, 0.5) is 0 Å². The van der Waals surface area contributed by atoms with E-state index in [-0.39, 0.29) is 0 Å². The van der Waals surface area contributed by atoms with Gasteiger partial charge >= 0.3 is 5.97 Å². The van der Waals surface area contributed by atoms with E-state index in [1.54, 1.807) is 16.7 Å². The van der Waals surface area contributed by atoms with Crippen LogP contribution in [0.25, 0.3) is 5.69 Å². The maximum atomic E-state index is 12.4. The number of carbonyl (C=O) groups is 2. The smallest absolute Gasteiger partial charge is 0.357 e. The predicted octanol–water partition coefficient (Wildman–Crippen LogP) is 2.53. The van der Waals surface area contributed by atoms with E-state index in [1.807, 2.05) is 6.92 Å². The summed E-state index contributed by atoms with van der Waals surface area (Å²) in [6.45, 7) is 1.88. The number of cyclic esters (lactones) is 1. The van der Waals surface area contributed by atoms with Crippen molar-refractivity contribution in [2.75, 3.05) is 4.43 Å². The molecule has 0 spiro atoms. The van der Waals surface area contributed by atoms with Gasteiger partial charge in [-0.1, -0.05) is 34.2 Å². The van der Waals surface area contributed by atoms with Crippen molar-refractivity contribution in [3.8, 4) is 5.69 Å². The number of rotatable bonds is 3. The number of benzene rings is 1. The van der Waals surface area contributed by atoms with Crippen molar-refractivity contribution in [3.05, 3.63) is 46.5 Å². The lowest BCUT2D eigenvalue weighted by Gasteiger charge is -2.31. The maximum Gasteiger partial charge on any atom is 0.357 e. The van der Waals surface area contributed by atoms with Gasteiger partial charge < -0.3 is 10.5 Å². The highest BCUT2D eigenvalue weighted by Gasteiger charge is 2.39. The number of nitrogens with zero attached hydrogens (tertiary/aromatic N) is 2. The monoisotopic (exact) mass is 445 g/mol. The number of nitrogens with two attached hydrogens (primary N) is 1. The Hall–Kier alpha value is -1.61. The fraction of sp³-hybridized carbons (Fsp3) is 0.267. The van der Waals surface area contributed by atoms with Crippen LogP contribution in [0, 0.1) is 0 Å². The van der Waals surface area contributed by atoms with Crippen LogP contribution in [0.5, 0.6) is 0 Å².